The van der Waals surface area contributed by atoms with Crippen LogP contribution in [0.15, 0.2) is 30.3 Å². The Morgan fingerprint density at radius 1 is 1.25 bits per heavy atom. The molecular formula is C18H17Cl2FN4O2S. The van der Waals surface area contributed by atoms with E-state index >= 15 is 0 Å². The van der Waals surface area contributed by atoms with Crippen LogP contribution in [0.25, 0.3) is 0 Å². The molecule has 0 amide bonds. The van der Waals surface area contributed by atoms with Crippen LogP contribution in [0.5, 0.6) is 11.5 Å². The molecule has 0 atom stereocenters. The average molecular weight is 443 g/mol. The number of halogens is 3. The molecule has 0 aliphatic heterocycles. The molecule has 0 radical (unpaired) electrons. The standard InChI is InChI=1S/C18H17Cl2FN4O2S/c1-10-23-24-18(28)25(10)22-8-11-6-16(26-2)17(7-14(11)20)27-9-12-13(19)4-3-5-15(12)21/h3-7,22H,8-9H2,1-2H3,(H,24,28). The highest BCUT2D eigenvalue weighted by molar-refractivity contribution is 7.71. The Balaban J connectivity index is 1.78. The molecule has 0 saturated carbocycles. The van der Waals surface area contributed by atoms with E-state index < -0.39 is 5.82 Å². The van der Waals surface area contributed by atoms with Gasteiger partial charge in [0.05, 0.1) is 18.7 Å². The summed E-state index contributed by atoms with van der Waals surface area (Å²) in [4.78, 5) is 0. The van der Waals surface area contributed by atoms with Crippen LogP contribution < -0.4 is 14.9 Å². The SMILES string of the molecule is COc1cc(CNn2c(C)n[nH]c2=S)c(Cl)cc1OCc1c(F)cccc1Cl. The Bertz CT molecular complexity index is 1030. The summed E-state index contributed by atoms with van der Waals surface area (Å²) >= 11 is 17.6. The van der Waals surface area contributed by atoms with Gasteiger partial charge in [0, 0.05) is 16.7 Å². The van der Waals surface area contributed by atoms with Crippen LogP contribution in [0.2, 0.25) is 10.0 Å². The fourth-order valence-corrected chi connectivity index (χ4v) is 3.21. The quantitative estimate of drug-likeness (QED) is 0.502. The molecule has 1 aromatic heterocycles. The normalized spacial score (nSPS) is 10.8. The first-order chi connectivity index (χ1) is 13.4. The highest BCUT2D eigenvalue weighted by atomic mass is 35.5. The number of ether oxygens (including phenoxy) is 2. The van der Waals surface area contributed by atoms with Gasteiger partial charge in [-0.3, -0.25) is 5.10 Å². The van der Waals surface area contributed by atoms with Gasteiger partial charge >= 0.3 is 0 Å². The molecule has 148 valence electrons. The van der Waals surface area contributed by atoms with E-state index in [-0.39, 0.29) is 17.2 Å². The number of hydrogen-bond donors (Lipinski definition) is 2. The van der Waals surface area contributed by atoms with Crippen LogP contribution in [0.4, 0.5) is 4.39 Å². The van der Waals surface area contributed by atoms with E-state index in [0.29, 0.717) is 33.7 Å². The number of nitrogens with one attached hydrogen (secondary N) is 2. The maximum Gasteiger partial charge on any atom is 0.214 e. The summed E-state index contributed by atoms with van der Waals surface area (Å²) in [7, 11) is 1.51. The monoisotopic (exact) mass is 442 g/mol. The average Bonchev–Trinajstić information content (AvgIpc) is 2.98. The van der Waals surface area contributed by atoms with Gasteiger partial charge in [-0.25, -0.2) is 9.07 Å². The summed E-state index contributed by atoms with van der Waals surface area (Å²) in [5.74, 6) is 1.09. The number of hydrogen-bond acceptors (Lipinski definition) is 5. The van der Waals surface area contributed by atoms with Crippen LogP contribution in [0.3, 0.4) is 0 Å². The van der Waals surface area contributed by atoms with Crippen molar-refractivity contribution in [2.24, 2.45) is 0 Å². The lowest BCUT2D eigenvalue weighted by Crippen LogP contribution is -2.16. The highest BCUT2D eigenvalue weighted by Crippen LogP contribution is 2.34. The van der Waals surface area contributed by atoms with Crippen molar-refractivity contribution < 1.29 is 13.9 Å². The number of aromatic amines is 1. The predicted octanol–water partition coefficient (Wildman–Crippen LogP) is 5.03. The second kappa shape index (κ2) is 8.81. The van der Waals surface area contributed by atoms with Crippen molar-refractivity contribution in [3.05, 3.63) is 67.9 Å². The number of aryl methyl sites for hydroxylation is 1. The van der Waals surface area contributed by atoms with Gasteiger partial charge in [0.2, 0.25) is 4.77 Å². The summed E-state index contributed by atoms with van der Waals surface area (Å²) in [6.07, 6.45) is 0. The molecule has 0 aliphatic rings. The first-order valence-electron chi connectivity index (χ1n) is 8.20. The van der Waals surface area contributed by atoms with Crippen molar-refractivity contribution >= 4 is 35.4 Å². The topological polar surface area (TPSA) is 64.1 Å². The summed E-state index contributed by atoms with van der Waals surface area (Å²) in [5, 5.41) is 7.47. The summed E-state index contributed by atoms with van der Waals surface area (Å²) in [5.41, 5.74) is 4.16. The minimum Gasteiger partial charge on any atom is -0.493 e. The Kier molecular flexibility index (Phi) is 6.43. The fraction of sp³-hybridized carbons (Fsp3) is 0.222. The third-order valence-electron chi connectivity index (χ3n) is 4.03. The molecule has 0 saturated heterocycles. The van der Waals surface area contributed by atoms with Crippen molar-refractivity contribution in [2.75, 3.05) is 12.5 Å². The van der Waals surface area contributed by atoms with Crippen molar-refractivity contribution in [1.29, 1.82) is 0 Å². The van der Waals surface area contributed by atoms with E-state index in [4.69, 9.17) is 44.9 Å². The molecule has 0 bridgehead atoms. The second-order valence-electron chi connectivity index (χ2n) is 5.83. The Morgan fingerprint density at radius 2 is 2.04 bits per heavy atom. The first kappa shape index (κ1) is 20.4. The lowest BCUT2D eigenvalue weighted by Gasteiger charge is -2.15. The number of methoxy groups -OCH3 is 1. The Labute approximate surface area is 176 Å². The lowest BCUT2D eigenvalue weighted by atomic mass is 10.2. The van der Waals surface area contributed by atoms with Gasteiger partial charge in [0.25, 0.3) is 0 Å². The molecule has 0 fully saturated rings. The molecule has 6 nitrogen and oxygen atoms in total. The Hall–Kier alpha value is -2.29. The van der Waals surface area contributed by atoms with Gasteiger partial charge in [0.15, 0.2) is 11.5 Å². The molecule has 1 heterocycles. The second-order valence-corrected chi connectivity index (χ2v) is 7.03. The maximum absolute atomic E-state index is 13.9. The molecule has 2 N–H and O–H groups in total. The van der Waals surface area contributed by atoms with Crippen LogP contribution in [0.1, 0.15) is 17.0 Å². The molecule has 0 spiro atoms. The smallest absolute Gasteiger partial charge is 0.214 e. The van der Waals surface area contributed by atoms with E-state index in [2.05, 4.69) is 15.6 Å². The molecule has 0 aliphatic carbocycles. The first-order valence-corrected chi connectivity index (χ1v) is 9.37. The van der Waals surface area contributed by atoms with Gasteiger partial charge in [-0.05, 0) is 42.9 Å². The van der Waals surface area contributed by atoms with Gasteiger partial charge in [-0.1, -0.05) is 29.3 Å². The highest BCUT2D eigenvalue weighted by Gasteiger charge is 2.14. The summed E-state index contributed by atoms with van der Waals surface area (Å²) in [6, 6.07) is 7.83. The molecule has 0 unspecified atom stereocenters. The van der Waals surface area contributed by atoms with Gasteiger partial charge < -0.3 is 14.9 Å². The van der Waals surface area contributed by atoms with E-state index in [1.165, 1.54) is 19.2 Å². The van der Waals surface area contributed by atoms with Crippen LogP contribution in [0, 0.1) is 17.5 Å². The number of rotatable bonds is 7. The van der Waals surface area contributed by atoms with E-state index in [0.717, 1.165) is 5.56 Å². The zero-order valence-corrected chi connectivity index (χ0v) is 17.4. The molecule has 10 heteroatoms. The number of nitrogens with zero attached hydrogens (tertiary/aromatic N) is 2. The van der Waals surface area contributed by atoms with Crippen LogP contribution >= 0.6 is 35.4 Å². The van der Waals surface area contributed by atoms with Crippen molar-refractivity contribution in [2.45, 2.75) is 20.1 Å². The van der Waals surface area contributed by atoms with Gasteiger partial charge in [0.1, 0.15) is 18.2 Å². The predicted molar refractivity (Wildman–Crippen MR) is 109 cm³/mol. The Morgan fingerprint density at radius 3 is 2.68 bits per heavy atom. The van der Waals surface area contributed by atoms with Crippen molar-refractivity contribution in [1.82, 2.24) is 14.9 Å². The fourth-order valence-electron chi connectivity index (χ4n) is 2.53. The van der Waals surface area contributed by atoms with Gasteiger partial charge in [-0.15, -0.1) is 0 Å². The maximum atomic E-state index is 13.9. The van der Waals surface area contributed by atoms with Crippen molar-refractivity contribution in [3.8, 4) is 11.5 Å². The van der Waals surface area contributed by atoms with Crippen molar-refractivity contribution in [3.63, 3.8) is 0 Å². The third kappa shape index (κ3) is 4.40. The van der Waals surface area contributed by atoms with Gasteiger partial charge in [-0.2, -0.15) is 5.10 Å². The lowest BCUT2D eigenvalue weighted by molar-refractivity contribution is 0.279. The summed E-state index contributed by atoms with van der Waals surface area (Å²) in [6.45, 7) is 2.13. The number of H-pyrrole nitrogens is 1. The van der Waals surface area contributed by atoms with E-state index in [1.54, 1.807) is 22.9 Å². The molecule has 3 aromatic rings. The minimum absolute atomic E-state index is 0.0564. The molecule has 2 aromatic carbocycles. The largest absolute Gasteiger partial charge is 0.493 e. The number of benzene rings is 2. The minimum atomic E-state index is -0.439. The molecular weight excluding hydrogens is 426 g/mol. The molecule has 3 rings (SSSR count). The number of aromatic nitrogens is 3. The van der Waals surface area contributed by atoms with E-state index in [9.17, 15) is 4.39 Å². The zero-order valence-electron chi connectivity index (χ0n) is 15.1. The van der Waals surface area contributed by atoms with Crippen LogP contribution in [-0.4, -0.2) is 22.0 Å². The summed E-state index contributed by atoms with van der Waals surface area (Å²) < 4.78 is 27.1. The molecule has 28 heavy (non-hydrogen) atoms. The zero-order chi connectivity index (χ0) is 20.3. The van der Waals surface area contributed by atoms with Crippen LogP contribution in [-0.2, 0) is 13.2 Å². The third-order valence-corrected chi connectivity index (χ3v) is 5.01. The van der Waals surface area contributed by atoms with E-state index in [1.807, 2.05) is 6.92 Å².